The topological polar surface area (TPSA) is 91.3 Å². The van der Waals surface area contributed by atoms with Crippen molar-refractivity contribution in [2.45, 2.75) is 32.0 Å². The number of hydrogen-bond acceptors (Lipinski definition) is 7. The lowest BCUT2D eigenvalue weighted by atomic mass is 10.3. The van der Waals surface area contributed by atoms with E-state index >= 15 is 0 Å². The second-order valence-electron chi connectivity index (χ2n) is 4.54. The van der Waals surface area contributed by atoms with Crippen LogP contribution in [0, 0.1) is 0 Å². The molecule has 0 spiro atoms. The molecule has 0 bridgehead atoms. The van der Waals surface area contributed by atoms with Gasteiger partial charge < -0.3 is 24.1 Å². The maximum absolute atomic E-state index is 11.4. The first kappa shape index (κ1) is 21.3. The summed E-state index contributed by atoms with van der Waals surface area (Å²) < 4.78 is 19.7. The Morgan fingerprint density at radius 3 is 2.22 bits per heavy atom. The minimum atomic E-state index is -1.59. The van der Waals surface area contributed by atoms with Gasteiger partial charge in [0, 0.05) is 12.7 Å². The van der Waals surface area contributed by atoms with Crippen LogP contribution < -0.4 is 0 Å². The molecule has 1 atom stereocenters. The van der Waals surface area contributed by atoms with Gasteiger partial charge in [0.05, 0.1) is 26.4 Å². The first-order valence-electron chi connectivity index (χ1n) is 7.56. The van der Waals surface area contributed by atoms with Gasteiger partial charge in [0.25, 0.3) is 6.29 Å². The zero-order valence-corrected chi connectivity index (χ0v) is 13.4. The summed E-state index contributed by atoms with van der Waals surface area (Å²) in [7, 11) is 0. The number of carbonyl (C=O) groups is 2. The fourth-order valence-corrected chi connectivity index (χ4v) is 1.42. The van der Waals surface area contributed by atoms with Crippen LogP contribution >= 0.6 is 0 Å². The number of esters is 2. The Bertz CT molecular complexity index is 354. The van der Waals surface area contributed by atoms with E-state index in [0.29, 0.717) is 32.5 Å². The van der Waals surface area contributed by atoms with Gasteiger partial charge in [0.2, 0.25) is 0 Å². The van der Waals surface area contributed by atoms with Crippen molar-refractivity contribution in [3.63, 3.8) is 0 Å². The van der Waals surface area contributed by atoms with Crippen LogP contribution in [0.5, 0.6) is 0 Å². The van der Waals surface area contributed by atoms with E-state index in [-0.39, 0.29) is 19.8 Å². The summed E-state index contributed by atoms with van der Waals surface area (Å²) in [6.45, 7) is 8.47. The summed E-state index contributed by atoms with van der Waals surface area (Å²) in [6.07, 6.45) is 3.65. The Morgan fingerprint density at radius 2 is 1.57 bits per heavy atom. The first-order valence-corrected chi connectivity index (χ1v) is 7.56. The molecule has 1 N–H and O–H groups in total. The third-order valence-electron chi connectivity index (χ3n) is 2.59. The van der Waals surface area contributed by atoms with Crippen molar-refractivity contribution in [2.24, 2.45) is 0 Å². The van der Waals surface area contributed by atoms with Gasteiger partial charge in [-0.3, -0.25) is 0 Å². The molecular weight excluding hydrogens is 304 g/mol. The van der Waals surface area contributed by atoms with Gasteiger partial charge >= 0.3 is 11.9 Å². The number of hydrogen-bond donors (Lipinski definition) is 1. The lowest BCUT2D eigenvalue weighted by Gasteiger charge is -2.11. The van der Waals surface area contributed by atoms with Crippen LogP contribution in [0.15, 0.2) is 25.3 Å². The van der Waals surface area contributed by atoms with E-state index < -0.39 is 18.2 Å². The molecule has 0 radical (unpaired) electrons. The van der Waals surface area contributed by atoms with Crippen LogP contribution in [0.25, 0.3) is 0 Å². The molecule has 0 aliphatic carbocycles. The third kappa shape index (κ3) is 13.7. The molecule has 0 saturated heterocycles. The molecule has 0 saturated carbocycles. The highest BCUT2D eigenvalue weighted by atomic mass is 16.6. The molecule has 0 aromatic heterocycles. The summed E-state index contributed by atoms with van der Waals surface area (Å²) in [4.78, 5) is 22.2. The molecule has 0 aromatic carbocycles. The normalized spacial score (nSPS) is 11.5. The maximum atomic E-state index is 11.4. The average molecular weight is 330 g/mol. The van der Waals surface area contributed by atoms with Gasteiger partial charge in [0.15, 0.2) is 0 Å². The zero-order valence-electron chi connectivity index (χ0n) is 13.4. The minimum Gasteiger partial charge on any atom is -0.463 e. The predicted molar refractivity (Wildman–Crippen MR) is 83.6 cm³/mol. The SMILES string of the molecule is C=CCOCCCCOC(=O)C(O)OCCCCOC(=O)C=C. The van der Waals surface area contributed by atoms with Crippen molar-refractivity contribution < 1.29 is 33.6 Å². The molecule has 1 unspecified atom stereocenters. The van der Waals surface area contributed by atoms with E-state index in [4.69, 9.17) is 18.9 Å². The summed E-state index contributed by atoms with van der Waals surface area (Å²) in [5.41, 5.74) is 0. The molecule has 0 amide bonds. The van der Waals surface area contributed by atoms with Crippen molar-refractivity contribution in [1.82, 2.24) is 0 Å². The molecule has 132 valence electrons. The summed E-state index contributed by atoms with van der Waals surface area (Å²) in [5, 5.41) is 9.44. The Morgan fingerprint density at radius 1 is 0.957 bits per heavy atom. The second kappa shape index (κ2) is 15.2. The lowest BCUT2D eigenvalue weighted by molar-refractivity contribution is -0.183. The average Bonchev–Trinajstić information content (AvgIpc) is 2.56. The molecule has 0 heterocycles. The Labute approximate surface area is 136 Å². The standard InChI is InChI=1S/C16H26O7/c1-3-9-20-10-5-6-12-22-15(18)16(19)23-13-8-7-11-21-14(17)4-2/h3-4,16,19H,1-2,5-13H2. The number of rotatable bonds is 15. The first-order chi connectivity index (χ1) is 11.1. The van der Waals surface area contributed by atoms with Crippen LogP contribution in [0.4, 0.5) is 0 Å². The van der Waals surface area contributed by atoms with Crippen LogP contribution in [-0.4, -0.2) is 56.4 Å². The number of carbonyl (C=O) groups excluding carboxylic acids is 2. The van der Waals surface area contributed by atoms with Gasteiger partial charge in [-0.1, -0.05) is 12.7 Å². The summed E-state index contributed by atoms with van der Waals surface area (Å²) >= 11 is 0. The van der Waals surface area contributed by atoms with Gasteiger partial charge in [-0.15, -0.1) is 6.58 Å². The van der Waals surface area contributed by atoms with Crippen molar-refractivity contribution in [3.05, 3.63) is 25.3 Å². The Hall–Kier alpha value is -1.70. The van der Waals surface area contributed by atoms with Crippen molar-refractivity contribution in [3.8, 4) is 0 Å². The van der Waals surface area contributed by atoms with E-state index in [0.717, 1.165) is 12.5 Å². The van der Waals surface area contributed by atoms with Gasteiger partial charge in [-0.25, -0.2) is 9.59 Å². The van der Waals surface area contributed by atoms with Crippen LogP contribution in [0.1, 0.15) is 25.7 Å². The zero-order chi connectivity index (χ0) is 17.3. The number of aliphatic hydroxyl groups is 1. The van der Waals surface area contributed by atoms with Crippen molar-refractivity contribution in [2.75, 3.05) is 33.0 Å². The van der Waals surface area contributed by atoms with E-state index in [9.17, 15) is 14.7 Å². The lowest BCUT2D eigenvalue weighted by Crippen LogP contribution is -2.27. The van der Waals surface area contributed by atoms with E-state index in [2.05, 4.69) is 13.2 Å². The van der Waals surface area contributed by atoms with Crippen molar-refractivity contribution >= 4 is 11.9 Å². The monoisotopic (exact) mass is 330 g/mol. The molecule has 0 rings (SSSR count). The van der Waals surface area contributed by atoms with E-state index in [1.165, 1.54) is 0 Å². The van der Waals surface area contributed by atoms with E-state index in [1.54, 1.807) is 6.08 Å². The highest BCUT2D eigenvalue weighted by Crippen LogP contribution is 1.99. The smallest absolute Gasteiger partial charge is 0.363 e. The summed E-state index contributed by atoms with van der Waals surface area (Å²) in [5.74, 6) is -1.29. The highest BCUT2D eigenvalue weighted by Gasteiger charge is 2.16. The Kier molecular flexibility index (Phi) is 14.1. The molecule has 7 nitrogen and oxygen atoms in total. The molecule has 0 fully saturated rings. The quantitative estimate of drug-likeness (QED) is 0.159. The van der Waals surface area contributed by atoms with Crippen LogP contribution in [-0.2, 0) is 28.5 Å². The van der Waals surface area contributed by atoms with Crippen molar-refractivity contribution in [1.29, 1.82) is 0 Å². The molecule has 0 aliphatic heterocycles. The molecular formula is C16H26O7. The predicted octanol–water partition coefficient (Wildman–Crippen LogP) is 1.36. The largest absolute Gasteiger partial charge is 0.463 e. The molecule has 0 aromatic rings. The van der Waals surface area contributed by atoms with Crippen LogP contribution in [0.2, 0.25) is 0 Å². The van der Waals surface area contributed by atoms with Gasteiger partial charge in [-0.05, 0) is 25.7 Å². The Balaban J connectivity index is 3.46. The fraction of sp³-hybridized carbons (Fsp3) is 0.625. The molecule has 23 heavy (non-hydrogen) atoms. The molecule has 0 aliphatic rings. The third-order valence-corrected chi connectivity index (χ3v) is 2.59. The summed E-state index contributed by atoms with van der Waals surface area (Å²) in [6, 6.07) is 0. The number of unbranched alkanes of at least 4 members (excludes halogenated alkanes) is 2. The second-order valence-corrected chi connectivity index (χ2v) is 4.54. The maximum Gasteiger partial charge on any atom is 0.363 e. The van der Waals surface area contributed by atoms with Crippen LogP contribution in [0.3, 0.4) is 0 Å². The van der Waals surface area contributed by atoms with Gasteiger partial charge in [-0.2, -0.15) is 0 Å². The molecule has 7 heteroatoms. The highest BCUT2D eigenvalue weighted by molar-refractivity contribution is 5.81. The number of aliphatic hydroxyl groups excluding tert-OH is 1. The minimum absolute atomic E-state index is 0.164. The van der Waals surface area contributed by atoms with E-state index in [1.807, 2.05) is 0 Å². The van der Waals surface area contributed by atoms with Gasteiger partial charge in [0.1, 0.15) is 0 Å². The number of ether oxygens (including phenoxy) is 4. The fourth-order valence-electron chi connectivity index (χ4n) is 1.42.